The van der Waals surface area contributed by atoms with Crippen molar-refractivity contribution in [3.63, 3.8) is 0 Å². The maximum Gasteiger partial charge on any atom is 0.408 e. The molecule has 0 bridgehead atoms. The van der Waals surface area contributed by atoms with Gasteiger partial charge in [0.2, 0.25) is 0 Å². The van der Waals surface area contributed by atoms with E-state index in [1.54, 1.807) is 18.3 Å². The Morgan fingerprint density at radius 3 is 2.53 bits per heavy atom. The Hall–Kier alpha value is -3.71. The summed E-state index contributed by atoms with van der Waals surface area (Å²) < 4.78 is 11.0. The molecule has 0 saturated carbocycles. The van der Waals surface area contributed by atoms with Crippen molar-refractivity contribution in [2.75, 3.05) is 0 Å². The Balaban J connectivity index is 1.79. The van der Waals surface area contributed by atoms with E-state index in [1.807, 2.05) is 69.3 Å². The van der Waals surface area contributed by atoms with Crippen LogP contribution in [-0.4, -0.2) is 27.1 Å². The molecular formula is C26H24ClN3O4. The first kappa shape index (κ1) is 23.4. The summed E-state index contributed by atoms with van der Waals surface area (Å²) in [5.74, 6) is 0. The molecule has 8 heteroatoms. The second-order valence-corrected chi connectivity index (χ2v) is 9.14. The quantitative estimate of drug-likeness (QED) is 0.338. The number of pyridine rings is 1. The number of fused-ring (bicyclic) bond motifs is 1. The molecule has 2 heterocycles. The van der Waals surface area contributed by atoms with Crippen LogP contribution in [0.5, 0.6) is 0 Å². The van der Waals surface area contributed by atoms with Crippen LogP contribution in [0.3, 0.4) is 0 Å². The van der Waals surface area contributed by atoms with E-state index in [1.165, 1.54) is 0 Å². The molecule has 0 spiro atoms. The third kappa shape index (κ3) is 5.26. The lowest BCUT2D eigenvalue weighted by Gasteiger charge is -2.25. The Morgan fingerprint density at radius 2 is 1.82 bits per heavy atom. The van der Waals surface area contributed by atoms with Crippen LogP contribution in [0.1, 0.15) is 48.4 Å². The number of alkyl carbamates (subject to hydrolysis) is 1. The zero-order chi connectivity index (χ0) is 24.3. The van der Waals surface area contributed by atoms with Crippen molar-refractivity contribution in [3.05, 3.63) is 83.7 Å². The van der Waals surface area contributed by atoms with E-state index in [0.717, 1.165) is 16.8 Å². The van der Waals surface area contributed by atoms with Crippen LogP contribution >= 0.6 is 11.6 Å². The topological polar surface area (TPSA) is 94.3 Å². The highest BCUT2D eigenvalue weighted by atomic mass is 35.5. The summed E-state index contributed by atoms with van der Waals surface area (Å²) in [6, 6.07) is 17.9. The summed E-state index contributed by atoms with van der Waals surface area (Å²) in [6.45, 7) is 5.43. The number of amides is 1. The number of aromatic nitrogens is 2. The van der Waals surface area contributed by atoms with Gasteiger partial charge < -0.3 is 14.6 Å². The van der Waals surface area contributed by atoms with E-state index in [9.17, 15) is 9.59 Å². The van der Waals surface area contributed by atoms with E-state index in [4.69, 9.17) is 20.9 Å². The minimum atomic E-state index is -0.647. The van der Waals surface area contributed by atoms with E-state index < -0.39 is 23.0 Å². The summed E-state index contributed by atoms with van der Waals surface area (Å²) in [6.07, 6.45) is 1.60. The molecule has 1 N–H and O–H groups in total. The smallest absolute Gasteiger partial charge is 0.408 e. The van der Waals surface area contributed by atoms with E-state index in [0.29, 0.717) is 23.1 Å². The molecule has 0 saturated heterocycles. The number of nitrogens with zero attached hydrogens (tertiary/aromatic N) is 2. The SMILES string of the molecule is CC(C)(C)OC(=O)NC(Cc1ccccn1)c1ccccc1-c1noc2c(C(=O)Cl)cccc12. The molecule has 4 rings (SSSR count). The largest absolute Gasteiger partial charge is 0.444 e. The molecule has 1 atom stereocenters. The first-order valence-electron chi connectivity index (χ1n) is 10.8. The van der Waals surface area contributed by atoms with Crippen LogP contribution in [0.25, 0.3) is 22.2 Å². The minimum absolute atomic E-state index is 0.243. The molecule has 0 aliphatic rings. The second-order valence-electron chi connectivity index (χ2n) is 8.80. The molecule has 7 nitrogen and oxygen atoms in total. The van der Waals surface area contributed by atoms with Crippen LogP contribution in [0.2, 0.25) is 0 Å². The van der Waals surface area contributed by atoms with E-state index >= 15 is 0 Å². The maximum atomic E-state index is 12.7. The fraction of sp³-hybridized carbons (Fsp3) is 0.231. The summed E-state index contributed by atoms with van der Waals surface area (Å²) >= 11 is 5.72. The molecule has 0 radical (unpaired) electrons. The third-order valence-electron chi connectivity index (χ3n) is 5.13. The zero-order valence-corrected chi connectivity index (χ0v) is 19.8. The van der Waals surface area contributed by atoms with Crippen LogP contribution < -0.4 is 5.32 Å². The van der Waals surface area contributed by atoms with Crippen molar-refractivity contribution >= 4 is 33.9 Å². The van der Waals surface area contributed by atoms with Crippen molar-refractivity contribution < 1.29 is 18.8 Å². The number of carbonyl (C=O) groups excluding carboxylic acids is 2. The van der Waals surface area contributed by atoms with E-state index in [2.05, 4.69) is 15.5 Å². The number of hydrogen-bond acceptors (Lipinski definition) is 6. The third-order valence-corrected chi connectivity index (χ3v) is 5.34. The number of hydrogen-bond donors (Lipinski definition) is 1. The summed E-state index contributed by atoms with van der Waals surface area (Å²) in [5, 5.41) is 7.26. The number of ether oxygens (including phenoxy) is 1. The Bertz CT molecular complexity index is 1330. The Morgan fingerprint density at radius 1 is 1.06 bits per heavy atom. The van der Waals surface area contributed by atoms with Crippen LogP contribution in [0, 0.1) is 0 Å². The molecule has 0 aliphatic carbocycles. The molecule has 2 aromatic heterocycles. The lowest BCUT2D eigenvalue weighted by Crippen LogP contribution is -2.36. The first-order valence-corrected chi connectivity index (χ1v) is 11.2. The standard InChI is InChI=1S/C26H24ClN3O4/c1-26(2,3)33-25(32)29-21(15-16-9-6-7-14-28-16)17-10-4-5-11-18(17)22-19-12-8-13-20(24(27)31)23(19)34-30-22/h4-14,21H,15H2,1-3H3,(H,29,32). The van der Waals surface area contributed by atoms with Crippen molar-refractivity contribution in [1.29, 1.82) is 0 Å². The summed E-state index contributed by atoms with van der Waals surface area (Å²) in [7, 11) is 0. The van der Waals surface area contributed by atoms with Gasteiger partial charge in [0.15, 0.2) is 5.58 Å². The van der Waals surface area contributed by atoms with Gasteiger partial charge in [-0.3, -0.25) is 9.78 Å². The molecule has 174 valence electrons. The second kappa shape index (κ2) is 9.65. The number of halogens is 1. The number of nitrogens with one attached hydrogen (secondary N) is 1. The Labute approximate surface area is 202 Å². The van der Waals surface area contributed by atoms with Gasteiger partial charge in [0, 0.05) is 23.9 Å². The predicted molar refractivity (Wildman–Crippen MR) is 130 cm³/mol. The minimum Gasteiger partial charge on any atom is -0.444 e. The molecule has 0 fully saturated rings. The number of benzene rings is 2. The van der Waals surface area contributed by atoms with Crippen molar-refractivity contribution in [2.45, 2.75) is 38.8 Å². The van der Waals surface area contributed by atoms with Gasteiger partial charge in [-0.2, -0.15) is 0 Å². The van der Waals surface area contributed by atoms with Gasteiger partial charge in [0.05, 0.1) is 17.0 Å². The average Bonchev–Trinajstić information content (AvgIpc) is 3.22. The van der Waals surface area contributed by atoms with Crippen LogP contribution in [0.4, 0.5) is 4.79 Å². The molecular weight excluding hydrogens is 454 g/mol. The van der Waals surface area contributed by atoms with Crippen molar-refractivity contribution in [2.24, 2.45) is 0 Å². The number of para-hydroxylation sites is 1. The molecule has 1 unspecified atom stereocenters. The molecule has 34 heavy (non-hydrogen) atoms. The lowest BCUT2D eigenvalue weighted by atomic mass is 9.93. The van der Waals surface area contributed by atoms with Crippen LogP contribution in [-0.2, 0) is 11.2 Å². The highest BCUT2D eigenvalue weighted by molar-refractivity contribution is 6.68. The highest BCUT2D eigenvalue weighted by Gasteiger charge is 2.25. The van der Waals surface area contributed by atoms with Crippen molar-refractivity contribution in [3.8, 4) is 11.3 Å². The summed E-state index contributed by atoms with van der Waals surface area (Å²) in [5.41, 5.74) is 2.81. The van der Waals surface area contributed by atoms with Crippen molar-refractivity contribution in [1.82, 2.24) is 15.5 Å². The zero-order valence-electron chi connectivity index (χ0n) is 19.0. The fourth-order valence-corrected chi connectivity index (χ4v) is 3.89. The van der Waals surface area contributed by atoms with Gasteiger partial charge in [-0.05, 0) is 62.2 Å². The van der Waals surface area contributed by atoms with Gasteiger partial charge in [0.25, 0.3) is 5.24 Å². The van der Waals surface area contributed by atoms with Gasteiger partial charge >= 0.3 is 6.09 Å². The van der Waals surface area contributed by atoms with Gasteiger partial charge in [-0.15, -0.1) is 0 Å². The monoisotopic (exact) mass is 477 g/mol. The van der Waals surface area contributed by atoms with Crippen LogP contribution in [0.15, 0.2) is 71.4 Å². The normalized spacial score (nSPS) is 12.4. The first-order chi connectivity index (χ1) is 16.2. The van der Waals surface area contributed by atoms with Gasteiger partial charge in [0.1, 0.15) is 11.3 Å². The predicted octanol–water partition coefficient (Wildman–Crippen LogP) is 6.08. The van der Waals surface area contributed by atoms with Gasteiger partial charge in [-0.25, -0.2) is 4.79 Å². The number of rotatable bonds is 6. The maximum absolute atomic E-state index is 12.7. The molecule has 0 aliphatic heterocycles. The van der Waals surface area contributed by atoms with Gasteiger partial charge in [-0.1, -0.05) is 41.6 Å². The molecule has 1 amide bonds. The van der Waals surface area contributed by atoms with E-state index in [-0.39, 0.29) is 5.56 Å². The Kier molecular flexibility index (Phi) is 6.65. The molecule has 2 aromatic carbocycles. The summed E-state index contributed by atoms with van der Waals surface area (Å²) in [4.78, 5) is 29.0. The lowest BCUT2D eigenvalue weighted by molar-refractivity contribution is 0.0503. The molecule has 4 aromatic rings. The fourth-order valence-electron chi connectivity index (χ4n) is 3.74. The highest BCUT2D eigenvalue weighted by Crippen LogP contribution is 2.35. The average molecular weight is 478 g/mol. The number of carbonyl (C=O) groups is 2.